The molecular weight excluding hydrogens is 286 g/mol. The fourth-order valence-corrected chi connectivity index (χ4v) is 3.07. The maximum atomic E-state index is 11.5. The predicted molar refractivity (Wildman–Crippen MR) is 76.4 cm³/mol. The van der Waals surface area contributed by atoms with E-state index < -0.39 is 18.0 Å². The van der Waals surface area contributed by atoms with Gasteiger partial charge in [0.05, 0.1) is 17.8 Å². The van der Waals surface area contributed by atoms with Gasteiger partial charge in [-0.05, 0) is 18.4 Å². The number of carboxylic acids is 1. The molecule has 19 heavy (non-hydrogen) atoms. The third-order valence-corrected chi connectivity index (χ3v) is 4.30. The van der Waals surface area contributed by atoms with Crippen molar-refractivity contribution in [3.63, 3.8) is 0 Å². The van der Waals surface area contributed by atoms with Gasteiger partial charge in [-0.25, -0.2) is 0 Å². The van der Waals surface area contributed by atoms with E-state index in [1.54, 1.807) is 11.3 Å². The van der Waals surface area contributed by atoms with Crippen molar-refractivity contribution in [2.45, 2.75) is 24.7 Å². The van der Waals surface area contributed by atoms with Crippen LogP contribution in [-0.2, 0) is 15.3 Å². The van der Waals surface area contributed by atoms with E-state index in [1.807, 2.05) is 17.5 Å². The number of aliphatic hydroxyl groups is 1. The molecule has 0 aliphatic heterocycles. The van der Waals surface area contributed by atoms with Gasteiger partial charge < -0.3 is 15.5 Å². The SMILES string of the molecule is CC(O)(CNC(=O)CSCc1cccs1)CC(=O)O. The highest BCUT2D eigenvalue weighted by Crippen LogP contribution is 2.16. The normalized spacial score (nSPS) is 13.8. The number of rotatable bonds is 8. The number of carboxylic acid groups (broad SMARTS) is 1. The number of carbonyl (C=O) groups is 2. The van der Waals surface area contributed by atoms with Crippen LogP contribution in [0.1, 0.15) is 18.2 Å². The first-order valence-electron chi connectivity index (χ1n) is 5.70. The van der Waals surface area contributed by atoms with Crippen LogP contribution in [-0.4, -0.2) is 40.0 Å². The van der Waals surface area contributed by atoms with Crippen LogP contribution in [0.4, 0.5) is 0 Å². The topological polar surface area (TPSA) is 86.6 Å². The molecule has 3 N–H and O–H groups in total. The lowest BCUT2D eigenvalue weighted by Gasteiger charge is -2.21. The summed E-state index contributed by atoms with van der Waals surface area (Å²) >= 11 is 3.13. The molecule has 0 saturated carbocycles. The molecule has 0 saturated heterocycles. The average molecular weight is 303 g/mol. The molecule has 0 bridgehead atoms. The third-order valence-electron chi connectivity index (χ3n) is 2.26. The van der Waals surface area contributed by atoms with E-state index in [1.165, 1.54) is 23.6 Å². The van der Waals surface area contributed by atoms with Gasteiger partial charge in [0.25, 0.3) is 0 Å². The van der Waals surface area contributed by atoms with E-state index in [0.29, 0.717) is 5.75 Å². The smallest absolute Gasteiger partial charge is 0.306 e. The van der Waals surface area contributed by atoms with E-state index in [2.05, 4.69) is 5.32 Å². The summed E-state index contributed by atoms with van der Waals surface area (Å²) in [5.41, 5.74) is -1.42. The lowest BCUT2D eigenvalue weighted by Crippen LogP contribution is -2.42. The molecule has 0 aromatic carbocycles. The number of aliphatic carboxylic acids is 1. The number of hydrogen-bond acceptors (Lipinski definition) is 5. The Kier molecular flexibility index (Phi) is 6.33. The minimum Gasteiger partial charge on any atom is -0.481 e. The number of nitrogens with one attached hydrogen (secondary N) is 1. The van der Waals surface area contributed by atoms with Crippen molar-refractivity contribution in [3.05, 3.63) is 22.4 Å². The summed E-state index contributed by atoms with van der Waals surface area (Å²) in [5, 5.41) is 22.8. The first-order chi connectivity index (χ1) is 8.89. The highest BCUT2D eigenvalue weighted by molar-refractivity contribution is 7.99. The van der Waals surface area contributed by atoms with Gasteiger partial charge in [-0.2, -0.15) is 0 Å². The number of carbonyl (C=O) groups excluding carboxylic acids is 1. The van der Waals surface area contributed by atoms with Crippen LogP contribution in [0.15, 0.2) is 17.5 Å². The lowest BCUT2D eigenvalue weighted by atomic mass is 10.0. The zero-order valence-electron chi connectivity index (χ0n) is 10.6. The Labute approximate surface area is 120 Å². The fraction of sp³-hybridized carbons (Fsp3) is 0.500. The highest BCUT2D eigenvalue weighted by atomic mass is 32.2. The Morgan fingerprint density at radius 1 is 1.53 bits per heavy atom. The summed E-state index contributed by atoms with van der Waals surface area (Å²) in [6, 6.07) is 3.97. The molecule has 5 nitrogen and oxygen atoms in total. The van der Waals surface area contributed by atoms with Crippen LogP contribution in [0.2, 0.25) is 0 Å². The van der Waals surface area contributed by atoms with Gasteiger partial charge in [-0.3, -0.25) is 9.59 Å². The second-order valence-electron chi connectivity index (χ2n) is 4.42. The third kappa shape index (κ3) is 7.19. The Morgan fingerprint density at radius 3 is 2.84 bits per heavy atom. The van der Waals surface area contributed by atoms with Gasteiger partial charge in [-0.15, -0.1) is 23.1 Å². The standard InChI is InChI=1S/C12H17NO4S2/c1-12(17,5-11(15)16)8-13-10(14)7-18-6-9-3-2-4-19-9/h2-4,17H,5-8H2,1H3,(H,13,14)(H,15,16). The van der Waals surface area contributed by atoms with Gasteiger partial charge in [0.2, 0.25) is 5.91 Å². The molecule has 0 aliphatic carbocycles. The first kappa shape index (κ1) is 16.0. The number of thiophene rings is 1. The van der Waals surface area contributed by atoms with E-state index in [0.717, 1.165) is 5.75 Å². The van der Waals surface area contributed by atoms with Crippen molar-refractivity contribution in [2.24, 2.45) is 0 Å². The molecule has 0 radical (unpaired) electrons. The molecule has 1 heterocycles. The van der Waals surface area contributed by atoms with Crippen LogP contribution >= 0.6 is 23.1 Å². The van der Waals surface area contributed by atoms with Crippen molar-refractivity contribution < 1.29 is 19.8 Å². The maximum Gasteiger partial charge on any atom is 0.306 e. The van der Waals surface area contributed by atoms with Crippen LogP contribution in [0.5, 0.6) is 0 Å². The highest BCUT2D eigenvalue weighted by Gasteiger charge is 2.24. The van der Waals surface area contributed by atoms with Gasteiger partial charge in [0.15, 0.2) is 0 Å². The van der Waals surface area contributed by atoms with Crippen molar-refractivity contribution in [1.29, 1.82) is 0 Å². The van der Waals surface area contributed by atoms with Crippen LogP contribution in [0.25, 0.3) is 0 Å². The molecule has 0 fully saturated rings. The first-order valence-corrected chi connectivity index (χ1v) is 7.73. The molecule has 106 valence electrons. The molecule has 1 rings (SSSR count). The summed E-state index contributed by atoms with van der Waals surface area (Å²) in [5.74, 6) is -0.226. The molecular formula is C12H17NO4S2. The molecule has 1 aromatic rings. The van der Waals surface area contributed by atoms with Crippen molar-refractivity contribution in [2.75, 3.05) is 12.3 Å². The van der Waals surface area contributed by atoms with E-state index in [9.17, 15) is 14.7 Å². The fourth-order valence-electron chi connectivity index (χ4n) is 1.37. The van der Waals surface area contributed by atoms with Gasteiger partial charge in [-0.1, -0.05) is 6.07 Å². The van der Waals surface area contributed by atoms with Crippen LogP contribution < -0.4 is 5.32 Å². The summed E-state index contributed by atoms with van der Waals surface area (Å²) in [6.07, 6.45) is -0.393. The number of amides is 1. The Balaban J connectivity index is 2.18. The monoisotopic (exact) mass is 303 g/mol. The molecule has 1 aromatic heterocycles. The second kappa shape index (κ2) is 7.52. The molecule has 0 aliphatic rings. The molecule has 0 spiro atoms. The van der Waals surface area contributed by atoms with Gasteiger partial charge >= 0.3 is 5.97 Å². The Hall–Kier alpha value is -1.05. The molecule has 1 unspecified atom stereocenters. The van der Waals surface area contributed by atoms with E-state index in [4.69, 9.17) is 5.11 Å². The predicted octanol–water partition coefficient (Wildman–Crippen LogP) is 1.32. The Bertz CT molecular complexity index is 417. The summed E-state index contributed by atoms with van der Waals surface area (Å²) in [7, 11) is 0. The number of thioether (sulfide) groups is 1. The molecule has 7 heteroatoms. The van der Waals surface area contributed by atoms with Gasteiger partial charge in [0, 0.05) is 17.2 Å². The van der Waals surface area contributed by atoms with E-state index >= 15 is 0 Å². The summed E-state index contributed by atoms with van der Waals surface area (Å²) < 4.78 is 0. The summed E-state index contributed by atoms with van der Waals surface area (Å²) in [6.45, 7) is 1.33. The maximum absolute atomic E-state index is 11.5. The van der Waals surface area contributed by atoms with Crippen LogP contribution in [0.3, 0.4) is 0 Å². The van der Waals surface area contributed by atoms with E-state index in [-0.39, 0.29) is 12.5 Å². The Morgan fingerprint density at radius 2 is 2.26 bits per heavy atom. The molecule has 1 amide bonds. The lowest BCUT2D eigenvalue weighted by molar-refractivity contribution is -0.142. The second-order valence-corrected chi connectivity index (χ2v) is 6.43. The average Bonchev–Trinajstić information content (AvgIpc) is 2.78. The zero-order chi connectivity index (χ0) is 14.3. The quantitative estimate of drug-likeness (QED) is 0.674. The van der Waals surface area contributed by atoms with Crippen molar-refractivity contribution in [1.82, 2.24) is 5.32 Å². The van der Waals surface area contributed by atoms with Crippen LogP contribution in [0, 0.1) is 0 Å². The van der Waals surface area contributed by atoms with Crippen molar-refractivity contribution in [3.8, 4) is 0 Å². The van der Waals surface area contributed by atoms with Crippen molar-refractivity contribution >= 4 is 35.0 Å². The summed E-state index contributed by atoms with van der Waals surface area (Å²) in [4.78, 5) is 23.2. The van der Waals surface area contributed by atoms with Gasteiger partial charge in [0.1, 0.15) is 0 Å². The minimum atomic E-state index is -1.42. The minimum absolute atomic E-state index is 0.0578. The number of hydrogen-bond donors (Lipinski definition) is 3. The molecule has 1 atom stereocenters. The zero-order valence-corrected chi connectivity index (χ0v) is 12.2. The largest absolute Gasteiger partial charge is 0.481 e.